The van der Waals surface area contributed by atoms with Crippen LogP contribution in [0, 0.1) is 5.92 Å². The van der Waals surface area contributed by atoms with E-state index < -0.39 is 0 Å². The van der Waals surface area contributed by atoms with E-state index in [0.29, 0.717) is 18.0 Å². The van der Waals surface area contributed by atoms with Crippen LogP contribution in [-0.4, -0.2) is 11.2 Å². The molecule has 0 bridgehead atoms. The first kappa shape index (κ1) is 15.4. The molecule has 0 unspecified atom stereocenters. The molecule has 24 heavy (non-hydrogen) atoms. The Hall–Kier alpha value is -2.13. The molecule has 1 aliphatic heterocycles. The molecule has 1 aliphatic carbocycles. The maximum Gasteiger partial charge on any atom is 0.167 e. The molecule has 2 aromatic rings. The number of benzene rings is 2. The Kier molecular flexibility index (Phi) is 4.35. The SMILES string of the molecule is S=C1N[C@@H]2/C(=C\c3ccccc3)CCC[C@H]2[C@@H](c2ccccc2)N1. The van der Waals surface area contributed by atoms with Gasteiger partial charge in [0.25, 0.3) is 0 Å². The van der Waals surface area contributed by atoms with Gasteiger partial charge in [0.2, 0.25) is 0 Å². The number of nitrogens with one attached hydrogen (secondary N) is 2. The molecule has 0 radical (unpaired) electrons. The van der Waals surface area contributed by atoms with Gasteiger partial charge in [-0.25, -0.2) is 0 Å². The van der Waals surface area contributed by atoms with Crippen LogP contribution in [0.2, 0.25) is 0 Å². The van der Waals surface area contributed by atoms with Gasteiger partial charge in [-0.15, -0.1) is 0 Å². The molecule has 0 amide bonds. The summed E-state index contributed by atoms with van der Waals surface area (Å²) in [5.74, 6) is 0.530. The summed E-state index contributed by atoms with van der Waals surface area (Å²) in [6.45, 7) is 0. The number of thiocarbonyl (C=S) groups is 1. The average molecular weight is 334 g/mol. The third-order valence-electron chi connectivity index (χ3n) is 5.14. The van der Waals surface area contributed by atoms with E-state index in [1.54, 1.807) is 0 Å². The van der Waals surface area contributed by atoms with Crippen LogP contribution >= 0.6 is 12.2 Å². The molecule has 1 saturated heterocycles. The molecule has 3 atom stereocenters. The van der Waals surface area contributed by atoms with Gasteiger partial charge in [0.1, 0.15) is 0 Å². The van der Waals surface area contributed by atoms with Crippen LogP contribution in [0.5, 0.6) is 0 Å². The smallest absolute Gasteiger partial charge is 0.167 e. The summed E-state index contributed by atoms with van der Waals surface area (Å²) < 4.78 is 0. The molecular weight excluding hydrogens is 312 g/mol. The molecule has 0 aromatic heterocycles. The van der Waals surface area contributed by atoms with Crippen LogP contribution in [0.3, 0.4) is 0 Å². The highest BCUT2D eigenvalue weighted by molar-refractivity contribution is 7.80. The van der Waals surface area contributed by atoms with Crippen molar-refractivity contribution in [3.63, 3.8) is 0 Å². The summed E-state index contributed by atoms with van der Waals surface area (Å²) in [6.07, 6.45) is 5.95. The van der Waals surface area contributed by atoms with E-state index in [2.05, 4.69) is 77.4 Å². The zero-order valence-corrected chi connectivity index (χ0v) is 14.4. The van der Waals surface area contributed by atoms with Crippen molar-refractivity contribution in [3.8, 4) is 0 Å². The highest BCUT2D eigenvalue weighted by Gasteiger charge is 2.39. The molecule has 3 heteroatoms. The Morgan fingerprint density at radius 3 is 2.29 bits per heavy atom. The summed E-state index contributed by atoms with van der Waals surface area (Å²) in [6, 6.07) is 21.9. The quantitative estimate of drug-likeness (QED) is 0.793. The van der Waals surface area contributed by atoms with E-state index in [1.807, 2.05) is 0 Å². The van der Waals surface area contributed by atoms with E-state index >= 15 is 0 Å². The van der Waals surface area contributed by atoms with Crippen molar-refractivity contribution in [3.05, 3.63) is 77.4 Å². The molecule has 2 N–H and O–H groups in total. The minimum atomic E-state index is 0.296. The van der Waals surface area contributed by atoms with Crippen molar-refractivity contribution >= 4 is 23.4 Å². The lowest BCUT2D eigenvalue weighted by molar-refractivity contribution is 0.260. The Morgan fingerprint density at radius 1 is 0.875 bits per heavy atom. The van der Waals surface area contributed by atoms with Gasteiger partial charge < -0.3 is 10.6 Å². The predicted octanol–water partition coefficient (Wildman–Crippen LogP) is 4.46. The van der Waals surface area contributed by atoms with Gasteiger partial charge in [0, 0.05) is 5.92 Å². The predicted molar refractivity (Wildman–Crippen MR) is 104 cm³/mol. The Labute approximate surface area is 149 Å². The number of fused-ring (bicyclic) bond motifs is 1. The highest BCUT2D eigenvalue weighted by atomic mass is 32.1. The molecule has 1 heterocycles. The molecule has 2 nitrogen and oxygen atoms in total. The monoisotopic (exact) mass is 334 g/mol. The minimum Gasteiger partial charge on any atom is -0.356 e. The molecule has 2 aliphatic rings. The fourth-order valence-electron chi connectivity index (χ4n) is 4.05. The summed E-state index contributed by atoms with van der Waals surface area (Å²) >= 11 is 5.52. The van der Waals surface area contributed by atoms with E-state index in [4.69, 9.17) is 12.2 Å². The van der Waals surface area contributed by atoms with Crippen molar-refractivity contribution in [2.24, 2.45) is 5.92 Å². The first-order valence-corrected chi connectivity index (χ1v) is 9.09. The van der Waals surface area contributed by atoms with E-state index in [-0.39, 0.29) is 0 Å². The number of hydrogen-bond donors (Lipinski definition) is 2. The van der Waals surface area contributed by atoms with Gasteiger partial charge >= 0.3 is 0 Å². The second kappa shape index (κ2) is 6.78. The normalized spacial score (nSPS) is 27.9. The second-order valence-electron chi connectivity index (χ2n) is 6.67. The maximum absolute atomic E-state index is 5.52. The largest absolute Gasteiger partial charge is 0.356 e. The summed E-state index contributed by atoms with van der Waals surface area (Å²) in [7, 11) is 0. The van der Waals surface area contributed by atoms with Gasteiger partial charge in [-0.2, -0.15) is 0 Å². The first-order valence-electron chi connectivity index (χ1n) is 8.69. The minimum absolute atomic E-state index is 0.296. The van der Waals surface area contributed by atoms with Gasteiger partial charge in [0.05, 0.1) is 12.1 Å². The summed E-state index contributed by atoms with van der Waals surface area (Å²) in [5.41, 5.74) is 4.08. The van der Waals surface area contributed by atoms with Crippen LogP contribution in [0.4, 0.5) is 0 Å². The topological polar surface area (TPSA) is 24.1 Å². The summed E-state index contributed by atoms with van der Waals surface area (Å²) in [5, 5.41) is 7.82. The lowest BCUT2D eigenvalue weighted by Gasteiger charge is -2.45. The zero-order valence-electron chi connectivity index (χ0n) is 13.6. The average Bonchev–Trinajstić information content (AvgIpc) is 2.63. The molecule has 2 fully saturated rings. The van der Waals surface area contributed by atoms with Crippen LogP contribution in [0.1, 0.15) is 36.4 Å². The van der Waals surface area contributed by atoms with Gasteiger partial charge in [0.15, 0.2) is 5.11 Å². The fourth-order valence-corrected chi connectivity index (χ4v) is 4.30. The van der Waals surface area contributed by atoms with Gasteiger partial charge in [-0.3, -0.25) is 0 Å². The highest BCUT2D eigenvalue weighted by Crippen LogP contribution is 2.39. The first-order chi connectivity index (χ1) is 11.8. The van der Waals surface area contributed by atoms with Gasteiger partial charge in [-0.1, -0.05) is 66.7 Å². The third-order valence-corrected chi connectivity index (χ3v) is 5.38. The van der Waals surface area contributed by atoms with Crippen molar-refractivity contribution in [2.75, 3.05) is 0 Å². The lowest BCUT2D eigenvalue weighted by atomic mass is 9.73. The van der Waals surface area contributed by atoms with E-state index in [0.717, 1.165) is 11.5 Å². The van der Waals surface area contributed by atoms with Crippen molar-refractivity contribution < 1.29 is 0 Å². The zero-order chi connectivity index (χ0) is 16.4. The third kappa shape index (κ3) is 3.09. The Balaban J connectivity index is 1.67. The molecule has 2 aromatic carbocycles. The van der Waals surface area contributed by atoms with E-state index in [1.165, 1.54) is 29.5 Å². The van der Waals surface area contributed by atoms with Gasteiger partial charge in [-0.05, 0) is 48.2 Å². The van der Waals surface area contributed by atoms with Crippen molar-refractivity contribution in [2.45, 2.75) is 31.3 Å². The van der Waals surface area contributed by atoms with Crippen molar-refractivity contribution in [1.82, 2.24) is 10.6 Å². The van der Waals surface area contributed by atoms with Crippen molar-refractivity contribution in [1.29, 1.82) is 0 Å². The Morgan fingerprint density at radius 2 is 1.54 bits per heavy atom. The molecule has 0 spiro atoms. The molecule has 1 saturated carbocycles. The molecular formula is C21H22N2S. The van der Waals surface area contributed by atoms with E-state index in [9.17, 15) is 0 Å². The standard InChI is InChI=1S/C21H22N2S/c24-21-22-19(16-10-5-2-6-11-16)18-13-7-12-17(20(18)23-21)14-15-8-3-1-4-9-15/h1-6,8-11,14,18-20H,7,12-13H2,(H2,22,23,24)/b17-14-/t18-,19+,20+/m0/s1. The fraction of sp³-hybridized carbons (Fsp3) is 0.286. The van der Waals surface area contributed by atoms with Crippen LogP contribution in [0.15, 0.2) is 66.2 Å². The van der Waals surface area contributed by atoms with Crippen LogP contribution < -0.4 is 10.6 Å². The lowest BCUT2D eigenvalue weighted by Crippen LogP contribution is -2.57. The number of hydrogen-bond acceptors (Lipinski definition) is 1. The van der Waals surface area contributed by atoms with Crippen LogP contribution in [-0.2, 0) is 0 Å². The number of rotatable bonds is 2. The van der Waals surface area contributed by atoms with Crippen LogP contribution in [0.25, 0.3) is 6.08 Å². The Bertz CT molecular complexity index is 739. The molecule has 122 valence electrons. The molecule has 4 rings (SSSR count). The maximum atomic E-state index is 5.52. The second-order valence-corrected chi connectivity index (χ2v) is 7.08. The summed E-state index contributed by atoms with van der Waals surface area (Å²) in [4.78, 5) is 0.